The summed E-state index contributed by atoms with van der Waals surface area (Å²) in [5, 5.41) is 7.77. The van der Waals surface area contributed by atoms with Crippen molar-refractivity contribution in [3.05, 3.63) is 35.9 Å². The summed E-state index contributed by atoms with van der Waals surface area (Å²) in [5.74, 6) is 0.602. The van der Waals surface area contributed by atoms with Gasteiger partial charge in [0.2, 0.25) is 5.95 Å². The number of anilines is 1. The van der Waals surface area contributed by atoms with E-state index in [4.69, 9.17) is 11.6 Å². The van der Waals surface area contributed by atoms with Crippen molar-refractivity contribution in [2.45, 2.75) is 13.0 Å². The highest BCUT2D eigenvalue weighted by Gasteiger charge is 1.95. The molecule has 2 aromatic heterocycles. The summed E-state index contributed by atoms with van der Waals surface area (Å²) in [6.45, 7) is 1.69. The number of rotatable bonds is 5. The topological polar surface area (TPSA) is 55.6 Å². The molecule has 84 valence electrons. The van der Waals surface area contributed by atoms with E-state index >= 15 is 0 Å². The molecule has 16 heavy (non-hydrogen) atoms. The number of hydrogen-bond donors (Lipinski definition) is 1. The number of halogens is 1. The third kappa shape index (κ3) is 3.20. The van der Waals surface area contributed by atoms with Gasteiger partial charge >= 0.3 is 0 Å². The van der Waals surface area contributed by atoms with Crippen LogP contribution in [0.3, 0.4) is 0 Å². The van der Waals surface area contributed by atoms with Crippen LogP contribution in [0.2, 0.25) is 5.02 Å². The molecule has 0 spiro atoms. The summed E-state index contributed by atoms with van der Waals surface area (Å²) < 4.78 is 1.89. The fourth-order valence-electron chi connectivity index (χ4n) is 1.28. The fourth-order valence-corrected chi connectivity index (χ4v) is 1.38. The Bertz CT molecular complexity index is 411. The first-order chi connectivity index (χ1) is 7.84. The van der Waals surface area contributed by atoms with Gasteiger partial charge in [-0.25, -0.2) is 9.97 Å². The highest BCUT2D eigenvalue weighted by Crippen LogP contribution is 2.05. The van der Waals surface area contributed by atoms with Crippen molar-refractivity contribution >= 4 is 17.5 Å². The van der Waals surface area contributed by atoms with Gasteiger partial charge in [-0.2, -0.15) is 5.10 Å². The first-order valence-corrected chi connectivity index (χ1v) is 5.41. The Balaban J connectivity index is 1.70. The van der Waals surface area contributed by atoms with Crippen LogP contribution in [0.25, 0.3) is 0 Å². The Morgan fingerprint density at radius 3 is 2.81 bits per heavy atom. The van der Waals surface area contributed by atoms with E-state index in [-0.39, 0.29) is 0 Å². The molecule has 0 saturated heterocycles. The molecule has 0 atom stereocenters. The van der Waals surface area contributed by atoms with Crippen LogP contribution in [-0.2, 0) is 6.54 Å². The Hall–Kier alpha value is -1.62. The van der Waals surface area contributed by atoms with Crippen molar-refractivity contribution < 1.29 is 0 Å². The summed E-state index contributed by atoms with van der Waals surface area (Å²) in [6.07, 6.45) is 7.83. The molecule has 2 heterocycles. The van der Waals surface area contributed by atoms with Crippen molar-refractivity contribution in [3.63, 3.8) is 0 Å². The molecule has 0 unspecified atom stereocenters. The van der Waals surface area contributed by atoms with Crippen LogP contribution in [0.4, 0.5) is 5.95 Å². The zero-order valence-electron chi connectivity index (χ0n) is 8.67. The average Bonchev–Trinajstić information content (AvgIpc) is 2.80. The van der Waals surface area contributed by atoms with Crippen LogP contribution in [0.1, 0.15) is 6.42 Å². The Kier molecular flexibility index (Phi) is 3.71. The lowest BCUT2D eigenvalue weighted by atomic mass is 10.4. The molecule has 0 fully saturated rings. The van der Waals surface area contributed by atoms with E-state index in [9.17, 15) is 0 Å². The molecule has 2 rings (SSSR count). The second-order valence-electron chi connectivity index (χ2n) is 3.27. The number of nitrogens with one attached hydrogen (secondary N) is 1. The van der Waals surface area contributed by atoms with E-state index in [0.717, 1.165) is 19.5 Å². The lowest BCUT2D eigenvalue weighted by Gasteiger charge is -2.04. The Morgan fingerprint density at radius 1 is 1.31 bits per heavy atom. The molecule has 2 aromatic rings. The van der Waals surface area contributed by atoms with Crippen LogP contribution < -0.4 is 5.32 Å². The molecule has 0 aliphatic heterocycles. The van der Waals surface area contributed by atoms with Crippen LogP contribution in [0.5, 0.6) is 0 Å². The zero-order valence-corrected chi connectivity index (χ0v) is 9.43. The van der Waals surface area contributed by atoms with Gasteiger partial charge in [-0.15, -0.1) is 0 Å². The monoisotopic (exact) mass is 237 g/mol. The van der Waals surface area contributed by atoms with Crippen molar-refractivity contribution in [3.8, 4) is 0 Å². The van der Waals surface area contributed by atoms with Gasteiger partial charge in [-0.1, -0.05) is 11.6 Å². The first-order valence-electron chi connectivity index (χ1n) is 5.03. The van der Waals surface area contributed by atoms with Gasteiger partial charge in [0.1, 0.15) is 0 Å². The van der Waals surface area contributed by atoms with E-state index < -0.39 is 0 Å². The molecule has 5 nitrogen and oxygen atoms in total. The molecular formula is C10H12ClN5. The highest BCUT2D eigenvalue weighted by molar-refractivity contribution is 6.30. The number of nitrogens with zero attached hydrogens (tertiary/aromatic N) is 4. The molecule has 0 bridgehead atoms. The summed E-state index contributed by atoms with van der Waals surface area (Å²) in [7, 11) is 0. The summed E-state index contributed by atoms with van der Waals surface area (Å²) in [6, 6.07) is 1.91. The van der Waals surface area contributed by atoms with Gasteiger partial charge in [0.05, 0.1) is 17.4 Å². The summed E-state index contributed by atoms with van der Waals surface area (Å²) in [5.41, 5.74) is 0. The molecule has 1 N–H and O–H groups in total. The van der Waals surface area contributed by atoms with E-state index in [1.54, 1.807) is 18.6 Å². The molecule has 0 saturated carbocycles. The molecular weight excluding hydrogens is 226 g/mol. The normalized spacial score (nSPS) is 10.3. The van der Waals surface area contributed by atoms with E-state index in [0.29, 0.717) is 11.0 Å². The number of aryl methyl sites for hydroxylation is 1. The van der Waals surface area contributed by atoms with Crippen LogP contribution in [0.15, 0.2) is 30.9 Å². The molecule has 0 radical (unpaired) electrons. The molecule has 0 aromatic carbocycles. The Morgan fingerprint density at radius 2 is 2.12 bits per heavy atom. The first kappa shape index (κ1) is 10.9. The van der Waals surface area contributed by atoms with Crippen LogP contribution in [-0.4, -0.2) is 26.3 Å². The maximum absolute atomic E-state index is 5.68. The maximum Gasteiger partial charge on any atom is 0.222 e. The third-order valence-electron chi connectivity index (χ3n) is 2.03. The van der Waals surface area contributed by atoms with E-state index in [1.807, 2.05) is 16.9 Å². The number of hydrogen-bond acceptors (Lipinski definition) is 4. The maximum atomic E-state index is 5.68. The average molecular weight is 238 g/mol. The summed E-state index contributed by atoms with van der Waals surface area (Å²) >= 11 is 5.68. The lowest BCUT2D eigenvalue weighted by molar-refractivity contribution is 0.591. The Labute approximate surface area is 98.5 Å². The van der Waals surface area contributed by atoms with Gasteiger partial charge in [0.15, 0.2) is 0 Å². The van der Waals surface area contributed by atoms with Crippen molar-refractivity contribution in [2.24, 2.45) is 0 Å². The lowest BCUT2D eigenvalue weighted by Crippen LogP contribution is -2.08. The quantitative estimate of drug-likeness (QED) is 0.807. The molecule has 0 aliphatic carbocycles. The van der Waals surface area contributed by atoms with Gasteiger partial charge in [-0.3, -0.25) is 4.68 Å². The van der Waals surface area contributed by atoms with Gasteiger partial charge in [0.25, 0.3) is 0 Å². The second-order valence-corrected chi connectivity index (χ2v) is 3.71. The predicted molar refractivity (Wildman–Crippen MR) is 62.4 cm³/mol. The van der Waals surface area contributed by atoms with Gasteiger partial charge in [0, 0.05) is 25.5 Å². The fraction of sp³-hybridized carbons (Fsp3) is 0.300. The highest BCUT2D eigenvalue weighted by atomic mass is 35.5. The minimum atomic E-state index is 0.544. The molecule has 6 heteroatoms. The minimum absolute atomic E-state index is 0.544. The van der Waals surface area contributed by atoms with Gasteiger partial charge < -0.3 is 5.32 Å². The van der Waals surface area contributed by atoms with Crippen molar-refractivity contribution in [1.82, 2.24) is 19.7 Å². The SMILES string of the molecule is Clc1cnc(NCCCn2cccn2)nc1. The van der Waals surface area contributed by atoms with Crippen molar-refractivity contribution in [1.29, 1.82) is 0 Å². The smallest absolute Gasteiger partial charge is 0.222 e. The van der Waals surface area contributed by atoms with Gasteiger partial charge in [-0.05, 0) is 12.5 Å². The standard InChI is InChI=1S/C10H12ClN5/c11-9-7-13-10(14-8-9)12-3-1-5-16-6-2-4-15-16/h2,4,6-8H,1,3,5H2,(H,12,13,14). The van der Waals surface area contributed by atoms with E-state index in [2.05, 4.69) is 20.4 Å². The summed E-state index contributed by atoms with van der Waals surface area (Å²) in [4.78, 5) is 8.07. The number of aromatic nitrogens is 4. The third-order valence-corrected chi connectivity index (χ3v) is 2.22. The second kappa shape index (κ2) is 5.46. The zero-order chi connectivity index (χ0) is 11.2. The van der Waals surface area contributed by atoms with Crippen molar-refractivity contribution in [2.75, 3.05) is 11.9 Å². The largest absolute Gasteiger partial charge is 0.354 e. The van der Waals surface area contributed by atoms with E-state index in [1.165, 1.54) is 0 Å². The molecule has 0 amide bonds. The van der Waals surface area contributed by atoms with Crippen LogP contribution >= 0.6 is 11.6 Å². The van der Waals surface area contributed by atoms with Crippen LogP contribution in [0, 0.1) is 0 Å². The minimum Gasteiger partial charge on any atom is -0.354 e. The molecule has 0 aliphatic rings. The predicted octanol–water partition coefficient (Wildman–Crippen LogP) is 1.83.